The number of aryl methyl sites for hydroxylation is 1. The van der Waals surface area contributed by atoms with E-state index in [0.29, 0.717) is 65.1 Å². The Bertz CT molecular complexity index is 3960. The lowest BCUT2D eigenvalue weighted by Gasteiger charge is -2.34. The lowest BCUT2D eigenvalue weighted by molar-refractivity contribution is -0.141. The van der Waals surface area contributed by atoms with Crippen LogP contribution in [0, 0.1) is 18.8 Å². The number of hydrogen-bond donors (Lipinski definition) is 16. The number of piperidine rings is 1. The molecule has 624 valence electrons. The van der Waals surface area contributed by atoms with Gasteiger partial charge in [-0.15, -0.1) is 11.8 Å². The molecule has 39 heteroatoms. The molecule has 2 aromatic carbocycles. The fourth-order valence-electron chi connectivity index (χ4n) is 13.7. The maximum Gasteiger partial charge on any atom is 0.317 e. The molecule has 2 aromatic heterocycles. The predicted octanol–water partition coefficient (Wildman–Crippen LogP) is -3.83. The highest BCUT2D eigenvalue weighted by Gasteiger charge is 2.40. The molecule has 0 aliphatic carbocycles. The van der Waals surface area contributed by atoms with E-state index in [2.05, 4.69) is 62.8 Å². The van der Waals surface area contributed by atoms with Crippen molar-refractivity contribution in [3.05, 3.63) is 89.6 Å². The van der Waals surface area contributed by atoms with Gasteiger partial charge in [-0.3, -0.25) is 96.4 Å². The SMILES string of the molecule is Cc1[nH]c2ccccc2c1C[C@H](NC(=O)[C@H](CCC(N)=O)NC(=O)[C@@H](Cc1ccccc1)NC(=O)CN1CCC(NC(=O)CN2CCN(CC(=O)O)CCN(CC(=O)O)CCN(CC(=O)O)CC2)CC1)C(=O)N[C@@H](C)C(=O)N[C@H](C(=O)NCC(=O)N[C@@H](Cc1cnc[nH]1)C(=O)NC(CC(C)C)C(=O)N1CSC[C@H]1C(N)=O)C(C)C. The molecule has 0 radical (unpaired) electrons. The van der Waals surface area contributed by atoms with Crippen molar-refractivity contribution < 1.29 is 87.2 Å². The molecule has 38 nitrogen and oxygen atoms in total. The lowest BCUT2D eigenvalue weighted by Crippen LogP contribution is -2.60. The van der Waals surface area contributed by atoms with Crippen LogP contribution < -0.4 is 59.3 Å². The maximum atomic E-state index is 14.9. The van der Waals surface area contributed by atoms with Gasteiger partial charge in [0.2, 0.25) is 70.9 Å². The first-order valence-corrected chi connectivity index (χ1v) is 39.3. The van der Waals surface area contributed by atoms with Gasteiger partial charge in [0.1, 0.15) is 48.3 Å². The molecule has 114 heavy (non-hydrogen) atoms. The fraction of sp³-hybridized carbons (Fsp3) is 0.573. The van der Waals surface area contributed by atoms with Crippen molar-refractivity contribution in [2.24, 2.45) is 23.3 Å². The van der Waals surface area contributed by atoms with Gasteiger partial charge in [0.05, 0.1) is 51.5 Å². The van der Waals surface area contributed by atoms with Gasteiger partial charge in [-0.25, -0.2) is 4.98 Å². The second kappa shape index (κ2) is 44.7. The number of hydrogen-bond acceptors (Lipinski definition) is 22. The van der Waals surface area contributed by atoms with Crippen LogP contribution in [0.25, 0.3) is 10.9 Å². The molecule has 3 fully saturated rings. The molecule has 1 unspecified atom stereocenters. The minimum absolute atomic E-state index is 0.0616. The Kier molecular flexibility index (Phi) is 35.5. The van der Waals surface area contributed by atoms with E-state index in [1.54, 1.807) is 77.9 Å². The van der Waals surface area contributed by atoms with Gasteiger partial charge in [-0.1, -0.05) is 76.2 Å². The van der Waals surface area contributed by atoms with Gasteiger partial charge in [-0.05, 0) is 68.6 Å². The first-order valence-electron chi connectivity index (χ1n) is 38.2. The van der Waals surface area contributed by atoms with Crippen molar-refractivity contribution in [3.63, 3.8) is 0 Å². The van der Waals surface area contributed by atoms with E-state index >= 15 is 0 Å². The number of carbonyl (C=O) groups excluding carboxylic acids is 12. The van der Waals surface area contributed by atoms with Crippen molar-refractivity contribution in [3.8, 4) is 0 Å². The number of nitrogens with two attached hydrogens (primary N) is 2. The number of fused-ring (bicyclic) bond motifs is 1. The number of carboxylic acids is 3. The van der Waals surface area contributed by atoms with Crippen molar-refractivity contribution >= 4 is 111 Å². The van der Waals surface area contributed by atoms with Crippen LogP contribution in [0.2, 0.25) is 0 Å². The average molecular weight is 1610 g/mol. The number of likely N-dealkylation sites (tertiary alicyclic amines) is 1. The van der Waals surface area contributed by atoms with Gasteiger partial charge >= 0.3 is 17.9 Å². The highest BCUT2D eigenvalue weighted by molar-refractivity contribution is 7.99. The smallest absolute Gasteiger partial charge is 0.317 e. The zero-order valence-electron chi connectivity index (χ0n) is 65.2. The second-order valence-corrected chi connectivity index (χ2v) is 30.8. The number of nitrogens with zero attached hydrogens (tertiary/aromatic N) is 7. The number of carbonyl (C=O) groups is 15. The summed E-state index contributed by atoms with van der Waals surface area (Å²) in [5.41, 5.74) is 14.3. The molecular formula is C75H110N20O18S. The van der Waals surface area contributed by atoms with E-state index < -0.39 is 150 Å². The quantitative estimate of drug-likeness (QED) is 0.0203. The average Bonchev–Trinajstić information content (AvgIpc) is 1.65. The summed E-state index contributed by atoms with van der Waals surface area (Å²) in [6, 6.07) is 5.26. The zero-order valence-corrected chi connectivity index (χ0v) is 66.1. The lowest BCUT2D eigenvalue weighted by atomic mass is 10.00. The van der Waals surface area contributed by atoms with E-state index in [-0.39, 0.29) is 141 Å². The summed E-state index contributed by atoms with van der Waals surface area (Å²) < 4.78 is 0. The van der Waals surface area contributed by atoms with Crippen molar-refractivity contribution in [1.29, 1.82) is 0 Å². The Balaban J connectivity index is 0.985. The molecule has 0 saturated carbocycles. The third-order valence-electron chi connectivity index (χ3n) is 19.9. The van der Waals surface area contributed by atoms with Crippen LogP contribution in [0.3, 0.4) is 0 Å². The molecule has 4 aromatic rings. The largest absolute Gasteiger partial charge is 0.480 e. The molecule has 3 aliphatic rings. The van der Waals surface area contributed by atoms with Crippen LogP contribution in [-0.4, -0.2) is 319 Å². The first kappa shape index (κ1) is 90.6. The van der Waals surface area contributed by atoms with Crippen molar-refractivity contribution in [2.75, 3.05) is 116 Å². The van der Waals surface area contributed by atoms with Crippen molar-refractivity contribution in [2.45, 2.75) is 147 Å². The maximum absolute atomic E-state index is 14.9. The highest BCUT2D eigenvalue weighted by atomic mass is 32.2. The third kappa shape index (κ3) is 29.7. The summed E-state index contributed by atoms with van der Waals surface area (Å²) in [7, 11) is 0. The number of thioether (sulfide) groups is 1. The molecule has 3 saturated heterocycles. The molecule has 7 rings (SSSR count). The number of aromatic amines is 2. The van der Waals surface area contributed by atoms with Crippen LogP contribution in [0.15, 0.2) is 67.1 Å². The first-order chi connectivity index (χ1) is 54.2. The zero-order chi connectivity index (χ0) is 83.3. The minimum atomic E-state index is -1.55. The number of aromatic nitrogens is 3. The van der Waals surface area contributed by atoms with Crippen LogP contribution in [0.5, 0.6) is 0 Å². The number of H-pyrrole nitrogens is 2. The molecule has 0 spiro atoms. The summed E-state index contributed by atoms with van der Waals surface area (Å²) in [6.07, 6.45) is 2.72. The molecule has 18 N–H and O–H groups in total. The second-order valence-electron chi connectivity index (χ2n) is 29.8. The molecule has 8 atom stereocenters. The molecule has 3 aliphatic heterocycles. The molecular weight excluding hydrogens is 1500 g/mol. The standard InChI is InChI=1S/C75H110N20O18S/c1-44(2)30-58(75(113)95-43-114-41-59(95)68(77)106)88-73(111)56(32-50-34-78-42-80-50)84-61(97)35-79-74(112)67(45(3)4)89-69(107)47(6)82-71(109)57(33-52-46(5)81-53-15-11-10-14-51(52)53)87-70(108)54(16-17-60(76)96)86-72(110)55(31-48-12-8-7-9-13-48)85-63(99)37-90-20-18-49(19-21-90)83-62(98)36-91-22-24-92(38-64(100)101)26-28-94(40-66(104)105)29-27-93(25-23-91)39-65(102)103/h7-15,34,42,44-45,47,49,54-59,67,81H,16-33,35-41,43H2,1-6H3,(H2,76,96)(H2,77,106)(H,78,80)(H,79,112)(H,82,109)(H,83,98)(H,84,97)(H,85,99)(H,86,110)(H,87,108)(H,88,111)(H,89,107)(H,100,101)(H,102,103)(H,104,105)/t47-,54-,55+,56-,57-,58?,59-,67-/m0/s1. The summed E-state index contributed by atoms with van der Waals surface area (Å²) in [4.78, 5) is 222. The number of aliphatic carboxylic acids is 3. The van der Waals surface area contributed by atoms with E-state index in [1.165, 1.54) is 36.1 Å². The summed E-state index contributed by atoms with van der Waals surface area (Å²) in [5, 5.41) is 54.0. The number of rotatable bonds is 40. The summed E-state index contributed by atoms with van der Waals surface area (Å²) in [6.45, 7) is 10.6. The number of primary amides is 2. The number of benzene rings is 2. The van der Waals surface area contributed by atoms with Crippen LogP contribution in [0.4, 0.5) is 0 Å². The minimum Gasteiger partial charge on any atom is -0.480 e. The topological polar surface area (TPSA) is 541 Å². The Morgan fingerprint density at radius 3 is 1.61 bits per heavy atom. The van der Waals surface area contributed by atoms with Gasteiger partial charge in [0.25, 0.3) is 0 Å². The van der Waals surface area contributed by atoms with Gasteiger partial charge in [0, 0.05) is 131 Å². The number of carboxylic acid groups (broad SMARTS) is 3. The monoisotopic (exact) mass is 1610 g/mol. The van der Waals surface area contributed by atoms with E-state index in [1.807, 2.05) is 35.8 Å². The number of nitrogens with one attached hydrogen (secondary N) is 11. The molecule has 5 heterocycles. The van der Waals surface area contributed by atoms with E-state index in [4.69, 9.17) is 11.5 Å². The number of imidazole rings is 1. The van der Waals surface area contributed by atoms with Gasteiger partial charge in [-0.2, -0.15) is 0 Å². The number of para-hydroxylation sites is 1. The Hall–Kier alpha value is -10.6. The predicted molar refractivity (Wildman–Crippen MR) is 418 cm³/mol. The Morgan fingerprint density at radius 2 is 1.06 bits per heavy atom. The van der Waals surface area contributed by atoms with Gasteiger partial charge < -0.3 is 89.5 Å². The van der Waals surface area contributed by atoms with E-state index in [0.717, 1.165) is 0 Å². The summed E-state index contributed by atoms with van der Waals surface area (Å²) in [5.74, 6) is -12.3. The number of amides is 12. The van der Waals surface area contributed by atoms with Crippen LogP contribution in [-0.2, 0) is 91.2 Å². The fourth-order valence-corrected chi connectivity index (χ4v) is 14.9. The van der Waals surface area contributed by atoms with Crippen LogP contribution >= 0.6 is 11.8 Å². The normalized spacial score (nSPS) is 17.8. The summed E-state index contributed by atoms with van der Waals surface area (Å²) >= 11 is 1.34. The van der Waals surface area contributed by atoms with Crippen molar-refractivity contribution in [1.82, 2.24) is 92.2 Å². The molecule has 12 amide bonds. The van der Waals surface area contributed by atoms with Crippen LogP contribution in [0.1, 0.15) is 89.2 Å². The Labute approximate surface area is 664 Å². The van der Waals surface area contributed by atoms with E-state index in [9.17, 15) is 87.2 Å². The van der Waals surface area contributed by atoms with Gasteiger partial charge in [0.15, 0.2) is 0 Å². The highest BCUT2D eigenvalue weighted by Crippen LogP contribution is 2.25. The Morgan fingerprint density at radius 1 is 0.553 bits per heavy atom. The molecule has 0 bridgehead atoms. The third-order valence-corrected chi connectivity index (χ3v) is 20.9.